The number of benzene rings is 1. The smallest absolute Gasteiger partial charge is 0.252 e. The molecule has 0 amide bonds. The Labute approximate surface area is 117 Å². The molecule has 1 aromatic rings. The first-order chi connectivity index (χ1) is 8.11. The number of carbonyl (C=O) groups excluding carboxylic acids is 1. The normalized spacial score (nSPS) is 9.41. The van der Waals surface area contributed by atoms with Gasteiger partial charge >= 0.3 is 0 Å². The third-order valence-corrected chi connectivity index (χ3v) is 2.42. The third kappa shape index (κ3) is 9.42. The molecule has 0 bridgehead atoms. The van der Waals surface area contributed by atoms with Crippen molar-refractivity contribution in [3.63, 3.8) is 0 Å². The Morgan fingerprint density at radius 3 is 1.94 bits per heavy atom. The summed E-state index contributed by atoms with van der Waals surface area (Å²) < 4.78 is 0. The maximum atomic E-state index is 10.5. The van der Waals surface area contributed by atoms with Crippen molar-refractivity contribution in [1.82, 2.24) is 5.32 Å². The largest absolute Gasteiger partial charge is 0.314 e. The van der Waals surface area contributed by atoms with Crippen molar-refractivity contribution in [1.29, 1.82) is 0 Å². The van der Waals surface area contributed by atoms with E-state index in [9.17, 15) is 4.79 Å². The van der Waals surface area contributed by atoms with Crippen LogP contribution in [0.2, 0.25) is 0 Å². The van der Waals surface area contributed by atoms with E-state index in [-0.39, 0.29) is 0 Å². The Bertz CT molecular complexity index is 310. The molecule has 0 spiro atoms. The summed E-state index contributed by atoms with van der Waals surface area (Å²) in [5.74, 6) is 1.33. The molecule has 1 aromatic carbocycles. The molecule has 1 rings (SSSR count). The quantitative estimate of drug-likeness (QED) is 0.512. The molecule has 0 aliphatic heterocycles. The summed E-state index contributed by atoms with van der Waals surface area (Å²) in [4.78, 5) is 10.5. The molecule has 0 unspecified atom stereocenters. The van der Waals surface area contributed by atoms with E-state index in [0.29, 0.717) is 17.3 Å². The maximum Gasteiger partial charge on any atom is 0.252 e. The van der Waals surface area contributed by atoms with Crippen molar-refractivity contribution in [3.05, 3.63) is 35.4 Å². The lowest BCUT2D eigenvalue weighted by atomic mass is 10.2. The SMILES string of the molecule is Cc1ccc(C(=O)Cl)cc1.ClCCNCCCl. The fourth-order valence-electron chi connectivity index (χ4n) is 0.943. The number of carbonyl (C=O) groups is 1. The highest BCUT2D eigenvalue weighted by molar-refractivity contribution is 6.67. The van der Waals surface area contributed by atoms with Crippen LogP contribution in [0.1, 0.15) is 15.9 Å². The van der Waals surface area contributed by atoms with Crippen LogP contribution in [-0.4, -0.2) is 30.1 Å². The fourth-order valence-corrected chi connectivity index (χ4v) is 1.34. The Balaban J connectivity index is 0.000000325. The van der Waals surface area contributed by atoms with Gasteiger partial charge in [-0.2, -0.15) is 0 Å². The molecule has 0 aliphatic rings. The summed E-state index contributed by atoms with van der Waals surface area (Å²) in [6.07, 6.45) is 0. The standard InChI is InChI=1S/C8H7ClO.C4H9Cl2N/c1-6-2-4-7(5-3-6)8(9)10;5-1-3-7-4-2-6/h2-5H,1H3;7H,1-4H2. The molecule has 0 fully saturated rings. The number of rotatable bonds is 5. The second-order valence-electron chi connectivity index (χ2n) is 3.27. The van der Waals surface area contributed by atoms with Gasteiger partial charge in [-0.05, 0) is 30.7 Å². The van der Waals surface area contributed by atoms with Crippen molar-refractivity contribution >= 4 is 40.0 Å². The molecular weight excluding hydrogens is 280 g/mol. The van der Waals surface area contributed by atoms with Gasteiger partial charge in [-0.15, -0.1) is 23.2 Å². The van der Waals surface area contributed by atoms with E-state index in [2.05, 4.69) is 5.32 Å². The van der Waals surface area contributed by atoms with Gasteiger partial charge in [0.25, 0.3) is 5.24 Å². The Morgan fingerprint density at radius 2 is 1.59 bits per heavy atom. The first kappa shape index (κ1) is 16.7. The van der Waals surface area contributed by atoms with Gasteiger partial charge in [0.05, 0.1) is 0 Å². The number of hydrogen-bond donors (Lipinski definition) is 1. The summed E-state index contributed by atoms with van der Waals surface area (Å²) >= 11 is 15.9. The second-order valence-corrected chi connectivity index (χ2v) is 4.37. The van der Waals surface area contributed by atoms with Crippen molar-refractivity contribution < 1.29 is 4.79 Å². The second kappa shape index (κ2) is 10.8. The average molecular weight is 297 g/mol. The van der Waals surface area contributed by atoms with Gasteiger partial charge in [-0.3, -0.25) is 4.79 Å². The van der Waals surface area contributed by atoms with Crippen LogP contribution in [0.25, 0.3) is 0 Å². The highest BCUT2D eigenvalue weighted by atomic mass is 35.5. The summed E-state index contributed by atoms with van der Waals surface area (Å²) in [7, 11) is 0. The van der Waals surface area contributed by atoms with Crippen molar-refractivity contribution in [2.75, 3.05) is 24.8 Å². The van der Waals surface area contributed by atoms with Crippen LogP contribution in [0.15, 0.2) is 24.3 Å². The monoisotopic (exact) mass is 295 g/mol. The zero-order chi connectivity index (χ0) is 13.1. The molecule has 1 N–H and O–H groups in total. The minimum atomic E-state index is -0.403. The van der Waals surface area contributed by atoms with Crippen molar-refractivity contribution in [2.45, 2.75) is 6.92 Å². The molecule has 0 saturated carbocycles. The molecular formula is C12H16Cl3NO. The van der Waals surface area contributed by atoms with Crippen LogP contribution in [-0.2, 0) is 0 Å². The summed E-state index contributed by atoms with van der Waals surface area (Å²) in [6.45, 7) is 3.67. The molecule has 96 valence electrons. The van der Waals surface area contributed by atoms with Gasteiger partial charge in [-0.25, -0.2) is 0 Å². The van der Waals surface area contributed by atoms with Crippen LogP contribution < -0.4 is 5.32 Å². The number of nitrogens with one attached hydrogen (secondary N) is 1. The lowest BCUT2D eigenvalue weighted by Gasteiger charge is -1.93. The minimum Gasteiger partial charge on any atom is -0.314 e. The highest BCUT2D eigenvalue weighted by Gasteiger charge is 1.97. The predicted molar refractivity (Wildman–Crippen MR) is 75.7 cm³/mol. The Morgan fingerprint density at radius 1 is 1.12 bits per heavy atom. The molecule has 0 aromatic heterocycles. The zero-order valence-electron chi connectivity index (χ0n) is 9.68. The topological polar surface area (TPSA) is 29.1 Å². The molecule has 2 nitrogen and oxygen atoms in total. The van der Waals surface area contributed by atoms with E-state index in [1.165, 1.54) is 0 Å². The van der Waals surface area contributed by atoms with Crippen LogP contribution in [0.4, 0.5) is 0 Å². The highest BCUT2D eigenvalue weighted by Crippen LogP contribution is 2.05. The molecule has 0 saturated heterocycles. The fraction of sp³-hybridized carbons (Fsp3) is 0.417. The number of alkyl halides is 2. The molecule has 0 atom stereocenters. The third-order valence-electron chi connectivity index (χ3n) is 1.82. The first-order valence-corrected chi connectivity index (χ1v) is 6.65. The van der Waals surface area contributed by atoms with Gasteiger partial charge in [0.1, 0.15) is 0 Å². The van der Waals surface area contributed by atoms with Gasteiger partial charge in [-0.1, -0.05) is 17.7 Å². The first-order valence-electron chi connectivity index (χ1n) is 5.21. The van der Waals surface area contributed by atoms with E-state index in [1.54, 1.807) is 12.1 Å². The lowest BCUT2D eigenvalue weighted by molar-refractivity contribution is 0.108. The molecule has 17 heavy (non-hydrogen) atoms. The van der Waals surface area contributed by atoms with E-state index < -0.39 is 5.24 Å². The van der Waals surface area contributed by atoms with Gasteiger partial charge in [0.2, 0.25) is 0 Å². The zero-order valence-corrected chi connectivity index (χ0v) is 11.9. The molecule has 0 heterocycles. The predicted octanol–water partition coefficient (Wildman–Crippen LogP) is 3.43. The average Bonchev–Trinajstić information content (AvgIpc) is 2.31. The van der Waals surface area contributed by atoms with E-state index >= 15 is 0 Å². The van der Waals surface area contributed by atoms with Crippen molar-refractivity contribution in [3.8, 4) is 0 Å². The van der Waals surface area contributed by atoms with E-state index in [1.807, 2.05) is 19.1 Å². The summed E-state index contributed by atoms with van der Waals surface area (Å²) in [6, 6.07) is 7.14. The molecule has 0 aliphatic carbocycles. The van der Waals surface area contributed by atoms with Crippen LogP contribution in [0.5, 0.6) is 0 Å². The van der Waals surface area contributed by atoms with Gasteiger partial charge in [0, 0.05) is 30.4 Å². The number of hydrogen-bond acceptors (Lipinski definition) is 2. The Kier molecular flexibility index (Phi) is 10.7. The minimum absolute atomic E-state index is 0.403. The maximum absolute atomic E-state index is 10.5. The number of aryl methyl sites for hydroxylation is 1. The number of halogens is 3. The molecule has 0 radical (unpaired) electrons. The van der Waals surface area contributed by atoms with Crippen LogP contribution >= 0.6 is 34.8 Å². The summed E-state index contributed by atoms with van der Waals surface area (Å²) in [5, 5.41) is 2.62. The lowest BCUT2D eigenvalue weighted by Crippen LogP contribution is -2.18. The van der Waals surface area contributed by atoms with Gasteiger partial charge in [0.15, 0.2) is 0 Å². The summed E-state index contributed by atoms with van der Waals surface area (Å²) in [5.41, 5.74) is 1.67. The van der Waals surface area contributed by atoms with Crippen LogP contribution in [0, 0.1) is 6.92 Å². The van der Waals surface area contributed by atoms with E-state index in [4.69, 9.17) is 34.8 Å². The van der Waals surface area contributed by atoms with E-state index in [0.717, 1.165) is 18.7 Å². The van der Waals surface area contributed by atoms with Crippen molar-refractivity contribution in [2.24, 2.45) is 0 Å². The Hall–Kier alpha value is -0.280. The van der Waals surface area contributed by atoms with Gasteiger partial charge < -0.3 is 5.32 Å². The molecule has 5 heteroatoms. The van der Waals surface area contributed by atoms with Crippen LogP contribution in [0.3, 0.4) is 0 Å².